The van der Waals surface area contributed by atoms with Crippen molar-refractivity contribution < 1.29 is 1.37 Å². The van der Waals surface area contributed by atoms with Crippen LogP contribution in [0.2, 0.25) is 5.02 Å². The van der Waals surface area contributed by atoms with Gasteiger partial charge >= 0.3 is 0 Å². The summed E-state index contributed by atoms with van der Waals surface area (Å²) in [6.45, 7) is 13.0. The van der Waals surface area contributed by atoms with E-state index in [1.807, 2.05) is 50.2 Å². The van der Waals surface area contributed by atoms with Crippen LogP contribution in [0.1, 0.15) is 65.6 Å². The second-order valence-corrected chi connectivity index (χ2v) is 11.8. The number of aromatic nitrogens is 1. The lowest BCUT2D eigenvalue weighted by Gasteiger charge is -2.30. The molecule has 8 nitrogen and oxygen atoms in total. The number of nitrogens with zero attached hydrogens (tertiary/aromatic N) is 4. The highest BCUT2D eigenvalue weighted by atomic mass is 35.5. The number of hydrogen-bond acceptors (Lipinski definition) is 8. The number of halogens is 1. The number of hydrazine groups is 2. The molecule has 3 aromatic rings. The molecule has 1 aliphatic heterocycles. The highest BCUT2D eigenvalue weighted by Gasteiger charge is 2.29. The summed E-state index contributed by atoms with van der Waals surface area (Å²) in [4.78, 5) is 4.43. The fraction of sp³-hybridized carbons (Fsp3) is 0.345. The van der Waals surface area contributed by atoms with E-state index in [-0.39, 0.29) is 11.0 Å². The summed E-state index contributed by atoms with van der Waals surface area (Å²) < 4.78 is 9.70. The Morgan fingerprint density at radius 1 is 1.11 bits per heavy atom. The van der Waals surface area contributed by atoms with Crippen LogP contribution in [-0.2, 0) is 0 Å². The van der Waals surface area contributed by atoms with Crippen LogP contribution in [0.3, 0.4) is 0 Å². The van der Waals surface area contributed by atoms with Gasteiger partial charge in [-0.05, 0) is 49.9 Å². The van der Waals surface area contributed by atoms with Crippen molar-refractivity contribution in [3.8, 4) is 12.1 Å². The molecule has 4 rings (SSSR count). The van der Waals surface area contributed by atoms with Gasteiger partial charge in [-0.1, -0.05) is 50.6 Å². The van der Waals surface area contributed by atoms with Gasteiger partial charge in [0.05, 0.1) is 35.4 Å². The maximum atomic E-state index is 10.0. The number of nitrogens with one attached hydrogen (secondary N) is 4. The summed E-state index contributed by atoms with van der Waals surface area (Å²) in [5.41, 5.74) is 9.24. The normalized spacial score (nSPS) is 15.6. The minimum atomic E-state index is -1.56. The Balaban J connectivity index is 1.90. The van der Waals surface area contributed by atoms with Gasteiger partial charge in [-0.3, -0.25) is 9.99 Å². The Morgan fingerprint density at radius 3 is 2.42 bits per heavy atom. The van der Waals surface area contributed by atoms with Crippen molar-refractivity contribution in [3.63, 3.8) is 0 Å². The third-order valence-electron chi connectivity index (χ3n) is 5.98. The van der Waals surface area contributed by atoms with Crippen LogP contribution in [0.5, 0.6) is 0 Å². The topological polar surface area (TPSA) is 112 Å². The van der Waals surface area contributed by atoms with E-state index >= 15 is 0 Å². The van der Waals surface area contributed by atoms with E-state index in [9.17, 15) is 11.9 Å². The largest absolute Gasteiger partial charge is 0.383 e. The van der Waals surface area contributed by atoms with Crippen molar-refractivity contribution >= 4 is 33.9 Å². The van der Waals surface area contributed by atoms with Crippen LogP contribution in [0.4, 0.5) is 11.4 Å². The number of rotatable bonds is 6. The van der Waals surface area contributed by atoms with Gasteiger partial charge in [-0.2, -0.15) is 10.5 Å². The molecule has 0 radical (unpaired) electrons. The molecule has 0 spiro atoms. The molecule has 0 fully saturated rings. The molecule has 2 heterocycles. The monoisotopic (exact) mass is 529 g/mol. The van der Waals surface area contributed by atoms with Crippen LogP contribution >= 0.6 is 11.6 Å². The third-order valence-corrected chi connectivity index (χ3v) is 6.31. The van der Waals surface area contributed by atoms with Crippen molar-refractivity contribution in [2.24, 2.45) is 5.41 Å². The minimum Gasteiger partial charge on any atom is -0.383 e. The van der Waals surface area contributed by atoms with Crippen LogP contribution in [0.15, 0.2) is 54.5 Å². The second-order valence-electron chi connectivity index (χ2n) is 11.4. The molecule has 1 aromatic heterocycles. The van der Waals surface area contributed by atoms with Gasteiger partial charge in [0.2, 0.25) is 0 Å². The second kappa shape index (κ2) is 10.4. The molecule has 0 bridgehead atoms. The Labute approximate surface area is 230 Å². The highest BCUT2D eigenvalue weighted by Crippen LogP contribution is 2.36. The quantitative estimate of drug-likeness (QED) is 0.298. The van der Waals surface area contributed by atoms with E-state index in [1.165, 1.54) is 6.20 Å². The summed E-state index contributed by atoms with van der Waals surface area (Å²) in [7, 11) is 0. The standard InChI is InChI=1S/C29H33ClN8/c1-28(2,3)17-34-26-19(14-32)15-33-25-18(13-31)11-20(12-22(25)26)35-27(21-9-7-8-10-23(21)30)24-16-38(37-36-24)29(4,5)6/h7-12,15-16,27,35-37H,17H2,1-6H3,(H,33,34)/t27-/m1/s1/i27D. The molecule has 38 heavy (non-hydrogen) atoms. The highest BCUT2D eigenvalue weighted by molar-refractivity contribution is 6.31. The smallest absolute Gasteiger partial charge is 0.103 e. The summed E-state index contributed by atoms with van der Waals surface area (Å²) in [6.07, 6.45) is 3.32. The van der Waals surface area contributed by atoms with Crippen LogP contribution in [0.25, 0.3) is 10.9 Å². The Bertz CT molecular complexity index is 1520. The first-order chi connectivity index (χ1) is 18.3. The zero-order chi connectivity index (χ0) is 28.6. The molecule has 2 aromatic carbocycles. The van der Waals surface area contributed by atoms with E-state index in [2.05, 4.69) is 59.5 Å². The molecule has 0 amide bonds. The molecular formula is C29H33ClN8. The summed E-state index contributed by atoms with van der Waals surface area (Å²) in [6, 6.07) is 13.5. The molecule has 0 aliphatic carbocycles. The van der Waals surface area contributed by atoms with E-state index in [1.54, 1.807) is 18.2 Å². The summed E-state index contributed by atoms with van der Waals surface area (Å²) in [5.74, 6) is 0. The van der Waals surface area contributed by atoms with Crippen molar-refractivity contribution in [2.45, 2.75) is 53.1 Å². The van der Waals surface area contributed by atoms with Crippen LogP contribution < -0.4 is 21.6 Å². The van der Waals surface area contributed by atoms with Gasteiger partial charge in [0, 0.05) is 40.6 Å². The Hall–Kier alpha value is -3.98. The number of hydrogen-bond donors (Lipinski definition) is 4. The molecular weight excluding hydrogens is 496 g/mol. The minimum absolute atomic E-state index is 0.0524. The van der Waals surface area contributed by atoms with E-state index in [4.69, 9.17) is 11.6 Å². The number of benzene rings is 2. The zero-order valence-corrected chi connectivity index (χ0v) is 23.2. The molecule has 1 aliphatic rings. The number of pyridine rings is 1. The average molecular weight is 530 g/mol. The first-order valence-corrected chi connectivity index (χ1v) is 12.7. The summed E-state index contributed by atoms with van der Waals surface area (Å²) >= 11 is 6.62. The third kappa shape index (κ3) is 5.78. The lowest BCUT2D eigenvalue weighted by atomic mass is 9.96. The summed E-state index contributed by atoms with van der Waals surface area (Å²) in [5, 5.41) is 29.5. The molecule has 1 atom stereocenters. The van der Waals surface area contributed by atoms with Gasteiger partial charge in [-0.25, -0.2) is 0 Å². The van der Waals surface area contributed by atoms with Crippen molar-refractivity contribution in [2.75, 3.05) is 17.2 Å². The zero-order valence-electron chi connectivity index (χ0n) is 23.5. The maximum Gasteiger partial charge on any atom is 0.103 e. The number of nitriles is 2. The molecule has 0 saturated heterocycles. The van der Waals surface area contributed by atoms with Crippen molar-refractivity contribution in [1.29, 1.82) is 10.5 Å². The molecule has 4 N–H and O–H groups in total. The molecule has 9 heteroatoms. The lowest BCUT2D eigenvalue weighted by molar-refractivity contribution is 0.138. The van der Waals surface area contributed by atoms with Crippen molar-refractivity contribution in [1.82, 2.24) is 21.0 Å². The fourth-order valence-corrected chi connectivity index (χ4v) is 4.21. The van der Waals surface area contributed by atoms with Gasteiger partial charge in [-0.15, -0.1) is 5.53 Å². The van der Waals surface area contributed by atoms with Gasteiger partial charge in [0.15, 0.2) is 0 Å². The van der Waals surface area contributed by atoms with Gasteiger partial charge in [0.1, 0.15) is 12.1 Å². The maximum absolute atomic E-state index is 10.0. The fourth-order valence-electron chi connectivity index (χ4n) is 3.98. The number of fused-ring (bicyclic) bond motifs is 1. The molecule has 0 saturated carbocycles. The Morgan fingerprint density at radius 2 is 1.82 bits per heavy atom. The van der Waals surface area contributed by atoms with Crippen LogP contribution in [0, 0.1) is 28.1 Å². The number of anilines is 2. The van der Waals surface area contributed by atoms with E-state index in [0.717, 1.165) is 0 Å². The first kappa shape index (κ1) is 25.7. The lowest BCUT2D eigenvalue weighted by Crippen LogP contribution is -2.47. The first-order valence-electron chi connectivity index (χ1n) is 12.8. The van der Waals surface area contributed by atoms with Gasteiger partial charge < -0.3 is 16.1 Å². The predicted octanol–water partition coefficient (Wildman–Crippen LogP) is 6.21. The average Bonchev–Trinajstić information content (AvgIpc) is 3.38. The SMILES string of the molecule is [2H][C@](Nc1cc(C#N)c2ncc(C#N)c(NCC(C)(C)C)c2c1)(C1=CN(C(C)(C)C)NN1)c1ccccc1Cl. The predicted molar refractivity (Wildman–Crippen MR) is 153 cm³/mol. The molecule has 196 valence electrons. The van der Waals surface area contributed by atoms with Crippen LogP contribution in [-0.4, -0.2) is 22.1 Å². The molecule has 0 unspecified atom stereocenters. The van der Waals surface area contributed by atoms with E-state index < -0.39 is 6.02 Å². The Kier molecular flexibility index (Phi) is 7.03. The van der Waals surface area contributed by atoms with Crippen molar-refractivity contribution in [3.05, 3.63) is 76.2 Å². The van der Waals surface area contributed by atoms with E-state index in [0.29, 0.717) is 56.2 Å². The van der Waals surface area contributed by atoms with Gasteiger partial charge in [0.25, 0.3) is 0 Å².